The van der Waals surface area contributed by atoms with E-state index in [0.717, 1.165) is 24.8 Å². The van der Waals surface area contributed by atoms with Crippen LogP contribution in [0.2, 0.25) is 5.15 Å². The lowest BCUT2D eigenvalue weighted by molar-refractivity contribution is 0.324. The third-order valence-electron chi connectivity index (χ3n) is 2.88. The zero-order valence-corrected chi connectivity index (χ0v) is 9.59. The summed E-state index contributed by atoms with van der Waals surface area (Å²) in [4.78, 5) is 4.34. The van der Waals surface area contributed by atoms with Gasteiger partial charge in [-0.15, -0.1) is 0 Å². The van der Waals surface area contributed by atoms with E-state index >= 15 is 0 Å². The molecule has 0 aromatic carbocycles. The van der Waals surface area contributed by atoms with Crippen molar-refractivity contribution in [3.05, 3.63) is 17.2 Å². The second kappa shape index (κ2) is 3.93. The van der Waals surface area contributed by atoms with E-state index in [-0.39, 0.29) is 0 Å². The molecule has 2 heterocycles. The Kier molecular flexibility index (Phi) is 2.82. The van der Waals surface area contributed by atoms with E-state index in [1.165, 1.54) is 18.7 Å². The van der Waals surface area contributed by atoms with Crippen molar-refractivity contribution in [2.24, 2.45) is 11.8 Å². The summed E-state index contributed by atoms with van der Waals surface area (Å²) in [5.74, 6) is 2.77. The number of hydrogen-bond acceptors (Lipinski definition) is 1. The summed E-state index contributed by atoms with van der Waals surface area (Å²) in [5, 5.41) is 0.644. The van der Waals surface area contributed by atoms with Crippen molar-refractivity contribution in [1.82, 2.24) is 9.55 Å². The van der Waals surface area contributed by atoms with Crippen molar-refractivity contribution >= 4 is 11.6 Å². The van der Waals surface area contributed by atoms with Crippen LogP contribution in [-0.2, 0) is 13.0 Å². The van der Waals surface area contributed by atoms with Crippen LogP contribution in [0.25, 0.3) is 0 Å². The largest absolute Gasteiger partial charge is 0.333 e. The van der Waals surface area contributed by atoms with Crippen LogP contribution in [0.15, 0.2) is 6.20 Å². The fourth-order valence-corrected chi connectivity index (χ4v) is 2.54. The molecule has 1 atom stereocenters. The lowest BCUT2D eigenvalue weighted by Gasteiger charge is -2.24. The molecule has 14 heavy (non-hydrogen) atoms. The minimum Gasteiger partial charge on any atom is -0.333 e. The molecule has 1 aromatic rings. The predicted molar refractivity (Wildman–Crippen MR) is 58.5 cm³/mol. The van der Waals surface area contributed by atoms with Crippen LogP contribution in [0.1, 0.15) is 32.5 Å². The minimum atomic E-state index is 0.644. The van der Waals surface area contributed by atoms with Crippen LogP contribution in [0.3, 0.4) is 0 Å². The first kappa shape index (κ1) is 10.0. The predicted octanol–water partition coefficient (Wildman–Crippen LogP) is 3.15. The molecule has 0 saturated heterocycles. The first-order valence-corrected chi connectivity index (χ1v) is 5.74. The Bertz CT molecular complexity index is 317. The molecule has 0 fully saturated rings. The number of aromatic nitrogens is 2. The zero-order valence-electron chi connectivity index (χ0n) is 8.83. The summed E-state index contributed by atoms with van der Waals surface area (Å²) in [6.45, 7) is 5.66. The lowest BCUT2D eigenvalue weighted by atomic mass is 9.89. The third kappa shape index (κ3) is 2.11. The summed E-state index contributed by atoms with van der Waals surface area (Å²) in [7, 11) is 0. The van der Waals surface area contributed by atoms with Gasteiger partial charge in [0.15, 0.2) is 0 Å². The van der Waals surface area contributed by atoms with Gasteiger partial charge in [-0.25, -0.2) is 4.98 Å². The van der Waals surface area contributed by atoms with Crippen molar-refractivity contribution in [1.29, 1.82) is 0 Å². The van der Waals surface area contributed by atoms with Crippen molar-refractivity contribution < 1.29 is 0 Å². The van der Waals surface area contributed by atoms with E-state index in [4.69, 9.17) is 11.6 Å². The number of imidazole rings is 1. The third-order valence-corrected chi connectivity index (χ3v) is 3.07. The maximum atomic E-state index is 5.87. The smallest absolute Gasteiger partial charge is 0.147 e. The highest BCUT2D eigenvalue weighted by molar-refractivity contribution is 6.29. The molecule has 1 unspecified atom stereocenters. The van der Waals surface area contributed by atoms with Gasteiger partial charge < -0.3 is 4.57 Å². The Morgan fingerprint density at radius 1 is 1.64 bits per heavy atom. The van der Waals surface area contributed by atoms with Gasteiger partial charge in [0.2, 0.25) is 0 Å². The molecule has 1 aliphatic rings. The van der Waals surface area contributed by atoms with Crippen molar-refractivity contribution in [2.45, 2.75) is 39.7 Å². The second-order valence-corrected chi connectivity index (χ2v) is 5.05. The Morgan fingerprint density at radius 3 is 3.14 bits per heavy atom. The molecule has 0 bridgehead atoms. The number of rotatable bonds is 2. The summed E-state index contributed by atoms with van der Waals surface area (Å²) in [6.07, 6.45) is 5.63. The van der Waals surface area contributed by atoms with Gasteiger partial charge >= 0.3 is 0 Å². The maximum absolute atomic E-state index is 5.87. The monoisotopic (exact) mass is 212 g/mol. The molecule has 2 nitrogen and oxygen atoms in total. The van der Waals surface area contributed by atoms with Crippen LogP contribution in [0.4, 0.5) is 0 Å². The average molecular weight is 213 g/mol. The van der Waals surface area contributed by atoms with Gasteiger partial charge in [-0.05, 0) is 24.7 Å². The lowest BCUT2D eigenvalue weighted by Crippen LogP contribution is -2.20. The topological polar surface area (TPSA) is 17.8 Å². The van der Waals surface area contributed by atoms with E-state index in [1.807, 2.05) is 6.20 Å². The molecule has 0 spiro atoms. The highest BCUT2D eigenvalue weighted by Gasteiger charge is 2.20. The summed E-state index contributed by atoms with van der Waals surface area (Å²) in [6, 6.07) is 0. The SMILES string of the molecule is CC(C)CC1CCn2cc(Cl)nc2C1. The summed E-state index contributed by atoms with van der Waals surface area (Å²) in [5.41, 5.74) is 0. The Morgan fingerprint density at radius 2 is 2.43 bits per heavy atom. The normalized spacial score (nSPS) is 21.3. The van der Waals surface area contributed by atoms with E-state index in [2.05, 4.69) is 23.4 Å². The maximum Gasteiger partial charge on any atom is 0.147 e. The summed E-state index contributed by atoms with van der Waals surface area (Å²) < 4.78 is 2.19. The summed E-state index contributed by atoms with van der Waals surface area (Å²) >= 11 is 5.87. The number of hydrogen-bond donors (Lipinski definition) is 0. The van der Waals surface area contributed by atoms with Crippen LogP contribution >= 0.6 is 11.6 Å². The van der Waals surface area contributed by atoms with Crippen LogP contribution in [0.5, 0.6) is 0 Å². The molecular weight excluding hydrogens is 196 g/mol. The van der Waals surface area contributed by atoms with Gasteiger partial charge in [-0.3, -0.25) is 0 Å². The molecule has 1 aromatic heterocycles. The van der Waals surface area contributed by atoms with Gasteiger partial charge in [0, 0.05) is 19.2 Å². The van der Waals surface area contributed by atoms with Crippen molar-refractivity contribution in [2.75, 3.05) is 0 Å². The minimum absolute atomic E-state index is 0.644. The molecule has 0 saturated carbocycles. The number of aryl methyl sites for hydroxylation is 1. The molecule has 1 aliphatic heterocycles. The van der Waals surface area contributed by atoms with Gasteiger partial charge in [0.05, 0.1) is 0 Å². The van der Waals surface area contributed by atoms with E-state index < -0.39 is 0 Å². The quantitative estimate of drug-likeness (QED) is 0.737. The zero-order chi connectivity index (χ0) is 10.1. The van der Waals surface area contributed by atoms with Gasteiger partial charge in [-0.2, -0.15) is 0 Å². The van der Waals surface area contributed by atoms with E-state index in [9.17, 15) is 0 Å². The Labute approximate surface area is 90.3 Å². The number of halogens is 1. The molecular formula is C11H17ClN2. The van der Waals surface area contributed by atoms with Gasteiger partial charge in [0.25, 0.3) is 0 Å². The highest BCUT2D eigenvalue weighted by Crippen LogP contribution is 2.26. The number of fused-ring (bicyclic) bond motifs is 1. The number of nitrogens with zero attached hydrogens (tertiary/aromatic N) is 2. The van der Waals surface area contributed by atoms with Crippen LogP contribution in [-0.4, -0.2) is 9.55 Å². The molecule has 0 amide bonds. The average Bonchev–Trinajstić information content (AvgIpc) is 2.42. The molecule has 0 aliphatic carbocycles. The van der Waals surface area contributed by atoms with Gasteiger partial charge in [0.1, 0.15) is 11.0 Å². The highest BCUT2D eigenvalue weighted by atomic mass is 35.5. The van der Waals surface area contributed by atoms with E-state index in [1.54, 1.807) is 0 Å². The first-order chi connectivity index (χ1) is 6.65. The molecule has 2 rings (SSSR count). The van der Waals surface area contributed by atoms with Crippen molar-refractivity contribution in [3.63, 3.8) is 0 Å². The molecule has 0 radical (unpaired) electrons. The Hall–Kier alpha value is -0.500. The molecule has 78 valence electrons. The van der Waals surface area contributed by atoms with E-state index in [0.29, 0.717) is 5.15 Å². The van der Waals surface area contributed by atoms with Gasteiger partial charge in [-0.1, -0.05) is 25.4 Å². The fourth-order valence-electron chi connectivity index (χ4n) is 2.33. The molecule has 0 N–H and O–H groups in total. The second-order valence-electron chi connectivity index (χ2n) is 4.66. The van der Waals surface area contributed by atoms with Crippen molar-refractivity contribution in [3.8, 4) is 0 Å². The fraction of sp³-hybridized carbons (Fsp3) is 0.727. The standard InChI is InChI=1S/C11H17ClN2/c1-8(2)5-9-3-4-14-7-10(12)13-11(14)6-9/h7-9H,3-6H2,1-2H3. The Balaban J connectivity index is 2.05. The molecule has 3 heteroatoms. The van der Waals surface area contributed by atoms with Crippen LogP contribution in [0, 0.1) is 11.8 Å². The first-order valence-electron chi connectivity index (χ1n) is 5.36. The van der Waals surface area contributed by atoms with Crippen LogP contribution < -0.4 is 0 Å².